The van der Waals surface area contributed by atoms with Crippen LogP contribution in [-0.2, 0) is 0 Å². The summed E-state index contributed by atoms with van der Waals surface area (Å²) >= 11 is 3.60. The van der Waals surface area contributed by atoms with Crippen LogP contribution in [0.5, 0.6) is 0 Å². The summed E-state index contributed by atoms with van der Waals surface area (Å²) in [6, 6.07) is 66.4. The van der Waals surface area contributed by atoms with Crippen molar-refractivity contribution in [2.24, 2.45) is 4.99 Å². The molecule has 4 heteroatoms. The Bertz CT molecular complexity index is 3150. The van der Waals surface area contributed by atoms with Gasteiger partial charge in [0.1, 0.15) is 0 Å². The van der Waals surface area contributed by atoms with Gasteiger partial charge in [-0.05, 0) is 75.4 Å². The zero-order valence-electron chi connectivity index (χ0n) is 30.3. The van der Waals surface area contributed by atoms with Crippen molar-refractivity contribution in [2.45, 2.75) is 0 Å². The van der Waals surface area contributed by atoms with Crippen molar-refractivity contribution in [3.8, 4) is 33.4 Å². The van der Waals surface area contributed by atoms with E-state index in [2.05, 4.69) is 158 Å². The maximum atomic E-state index is 9.11. The summed E-state index contributed by atoms with van der Waals surface area (Å²) in [5.41, 5.74) is 11.3. The molecule has 10 rings (SSSR count). The molecule has 56 heavy (non-hydrogen) atoms. The Labute approximate surface area is 333 Å². The smallest absolute Gasteiger partial charge is 0.0738 e. The fourth-order valence-electron chi connectivity index (χ4n) is 7.72. The third-order valence-corrected chi connectivity index (χ3v) is 12.8. The van der Waals surface area contributed by atoms with Gasteiger partial charge >= 0.3 is 0 Å². The zero-order valence-corrected chi connectivity index (χ0v) is 31.9. The summed E-state index contributed by atoms with van der Waals surface area (Å²) in [5.74, 6) is 0. The van der Waals surface area contributed by atoms with Crippen LogP contribution in [0, 0.1) is 5.41 Å². The lowest BCUT2D eigenvalue weighted by Gasteiger charge is -2.12. The molecule has 0 unspecified atom stereocenters. The van der Waals surface area contributed by atoms with Gasteiger partial charge in [0.25, 0.3) is 0 Å². The van der Waals surface area contributed by atoms with Crippen molar-refractivity contribution < 1.29 is 0 Å². The van der Waals surface area contributed by atoms with Crippen molar-refractivity contribution in [1.29, 1.82) is 5.41 Å². The highest BCUT2D eigenvalue weighted by molar-refractivity contribution is 7.26. The zero-order chi connectivity index (χ0) is 37.4. The first kappa shape index (κ1) is 33.8. The van der Waals surface area contributed by atoms with Gasteiger partial charge in [0.05, 0.1) is 11.4 Å². The lowest BCUT2D eigenvalue weighted by Crippen LogP contribution is -1.96. The molecule has 0 aliphatic carbocycles. The predicted octanol–water partition coefficient (Wildman–Crippen LogP) is 15.0. The number of hydrogen-bond donors (Lipinski definition) is 1. The fourth-order valence-corrected chi connectivity index (χ4v) is 10.1. The van der Waals surface area contributed by atoms with Gasteiger partial charge < -0.3 is 5.41 Å². The van der Waals surface area contributed by atoms with Crippen LogP contribution >= 0.6 is 22.7 Å². The van der Waals surface area contributed by atoms with Crippen molar-refractivity contribution in [3.05, 3.63) is 211 Å². The van der Waals surface area contributed by atoms with Crippen LogP contribution in [-0.4, -0.2) is 11.9 Å². The molecule has 10 aromatic rings. The van der Waals surface area contributed by atoms with Gasteiger partial charge in [-0.2, -0.15) is 0 Å². The van der Waals surface area contributed by atoms with Crippen molar-refractivity contribution in [3.63, 3.8) is 0 Å². The summed E-state index contributed by atoms with van der Waals surface area (Å²) in [6.07, 6.45) is 3.91. The SMILES string of the molecule is N=C(/C=C(\N=Cc1cccc2sc3ccc(-c4cccc(-c5ccccc5-c5ccccc5)c4)cc3c12)c1cccc2c1sc1ccccc12)c1ccccc1. The quantitative estimate of drug-likeness (QED) is 0.150. The van der Waals surface area contributed by atoms with Crippen molar-refractivity contribution >= 4 is 80.6 Å². The number of aliphatic imine (C=N–C) groups is 1. The Balaban J connectivity index is 1.08. The molecule has 0 saturated heterocycles. The molecule has 0 spiro atoms. The molecular formula is C52H34N2S2. The second-order valence-electron chi connectivity index (χ2n) is 13.9. The molecule has 0 aliphatic rings. The van der Waals surface area contributed by atoms with E-state index in [1.165, 1.54) is 73.7 Å². The van der Waals surface area contributed by atoms with E-state index >= 15 is 0 Å². The molecule has 8 aromatic carbocycles. The summed E-state index contributed by atoms with van der Waals surface area (Å²) in [7, 11) is 0. The Morgan fingerprint density at radius 1 is 0.464 bits per heavy atom. The molecule has 2 aromatic heterocycles. The average molecular weight is 751 g/mol. The number of hydrogen-bond acceptors (Lipinski definition) is 4. The Kier molecular flexibility index (Phi) is 8.76. The lowest BCUT2D eigenvalue weighted by molar-refractivity contribution is 1.48. The van der Waals surface area contributed by atoms with Crippen molar-refractivity contribution in [1.82, 2.24) is 0 Å². The Morgan fingerprint density at radius 3 is 1.95 bits per heavy atom. The summed E-state index contributed by atoms with van der Waals surface area (Å²) in [6.45, 7) is 0. The predicted molar refractivity (Wildman–Crippen MR) is 244 cm³/mol. The molecular weight excluding hydrogens is 717 g/mol. The largest absolute Gasteiger partial charge is 0.300 e. The second kappa shape index (κ2) is 14.5. The minimum atomic E-state index is 0.424. The van der Waals surface area contributed by atoms with Crippen LogP contribution in [0.2, 0.25) is 0 Å². The Hall–Kier alpha value is -6.72. The number of rotatable bonds is 8. The molecule has 0 fully saturated rings. The van der Waals surface area contributed by atoms with Gasteiger partial charge in [-0.15, -0.1) is 22.7 Å². The fraction of sp³-hybridized carbons (Fsp3) is 0. The molecule has 1 N–H and O–H groups in total. The van der Waals surface area contributed by atoms with Crippen LogP contribution in [0.15, 0.2) is 199 Å². The molecule has 0 atom stereocenters. The molecule has 2 heterocycles. The van der Waals surface area contributed by atoms with Gasteiger partial charge in [-0.3, -0.25) is 4.99 Å². The highest BCUT2D eigenvalue weighted by Gasteiger charge is 2.15. The van der Waals surface area contributed by atoms with E-state index in [0.717, 1.165) is 22.4 Å². The summed E-state index contributed by atoms with van der Waals surface area (Å²) in [5, 5.41) is 14.0. The normalized spacial score (nSPS) is 12.0. The molecule has 0 bridgehead atoms. The minimum Gasteiger partial charge on any atom is -0.300 e. The molecule has 0 aliphatic heterocycles. The number of thiophene rings is 2. The topological polar surface area (TPSA) is 36.2 Å². The first-order valence-corrected chi connectivity index (χ1v) is 20.3. The highest BCUT2D eigenvalue weighted by Crippen LogP contribution is 2.41. The van der Waals surface area contributed by atoms with E-state index in [-0.39, 0.29) is 0 Å². The van der Waals surface area contributed by atoms with Gasteiger partial charge in [-0.1, -0.05) is 158 Å². The maximum absolute atomic E-state index is 9.11. The standard InChI is InChI=1S/C52H34N2S2/c53-46(35-16-5-2-6-17-35)32-47(44-25-13-24-43-42-23-9-10-26-48(42)56-52(43)44)54-33-39-20-12-27-50-51(39)45-31-37(28-29-49(45)55-50)36-18-11-19-38(30-36)41-22-8-7-21-40(41)34-14-3-1-4-15-34/h1-33,53H/b47-32-,53-46?,54-33?. The van der Waals surface area contributed by atoms with Gasteiger partial charge in [-0.25, -0.2) is 0 Å². The summed E-state index contributed by atoms with van der Waals surface area (Å²) < 4.78 is 4.88. The number of allylic oxidation sites excluding steroid dienone is 1. The van der Waals surface area contributed by atoms with Crippen LogP contribution in [0.1, 0.15) is 16.7 Å². The van der Waals surface area contributed by atoms with E-state index < -0.39 is 0 Å². The molecule has 2 nitrogen and oxygen atoms in total. The van der Waals surface area contributed by atoms with E-state index in [9.17, 15) is 0 Å². The van der Waals surface area contributed by atoms with Crippen LogP contribution < -0.4 is 0 Å². The lowest BCUT2D eigenvalue weighted by atomic mass is 9.92. The van der Waals surface area contributed by atoms with Crippen LogP contribution in [0.3, 0.4) is 0 Å². The number of benzene rings is 8. The molecule has 0 amide bonds. The van der Waals surface area contributed by atoms with Crippen LogP contribution in [0.4, 0.5) is 0 Å². The van der Waals surface area contributed by atoms with E-state index in [4.69, 9.17) is 10.4 Å². The maximum Gasteiger partial charge on any atom is 0.0738 e. The van der Waals surface area contributed by atoms with E-state index in [1.807, 2.05) is 54.0 Å². The third kappa shape index (κ3) is 6.25. The van der Waals surface area contributed by atoms with Gasteiger partial charge in [0.2, 0.25) is 0 Å². The first-order chi connectivity index (χ1) is 27.7. The van der Waals surface area contributed by atoms with Gasteiger partial charge in [0, 0.05) is 57.7 Å². The number of nitrogens with one attached hydrogen (secondary N) is 1. The number of nitrogens with zero attached hydrogens (tertiary/aromatic N) is 1. The number of fused-ring (bicyclic) bond motifs is 6. The highest BCUT2D eigenvalue weighted by atomic mass is 32.1. The van der Waals surface area contributed by atoms with Crippen LogP contribution in [0.25, 0.3) is 79.4 Å². The first-order valence-electron chi connectivity index (χ1n) is 18.7. The average Bonchev–Trinajstić information content (AvgIpc) is 3.84. The van der Waals surface area contributed by atoms with Gasteiger partial charge in [0.15, 0.2) is 0 Å². The summed E-state index contributed by atoms with van der Waals surface area (Å²) in [4.78, 5) is 5.25. The van der Waals surface area contributed by atoms with E-state index in [1.54, 1.807) is 11.3 Å². The molecule has 0 radical (unpaired) electrons. The third-order valence-electron chi connectivity index (χ3n) is 10.4. The Morgan fingerprint density at radius 2 is 1.09 bits per heavy atom. The second-order valence-corrected chi connectivity index (χ2v) is 16.0. The molecule has 0 saturated carbocycles. The van der Waals surface area contributed by atoms with E-state index in [0.29, 0.717) is 5.71 Å². The van der Waals surface area contributed by atoms with Crippen molar-refractivity contribution in [2.75, 3.05) is 0 Å². The minimum absolute atomic E-state index is 0.424. The molecule has 264 valence electrons. The monoisotopic (exact) mass is 750 g/mol.